The molecule has 2 rings (SSSR count). The van der Waals surface area contributed by atoms with Crippen molar-refractivity contribution in [3.8, 4) is 0 Å². The number of halogens is 1. The normalized spacial score (nSPS) is 15.4. The van der Waals surface area contributed by atoms with E-state index in [-0.39, 0.29) is 17.8 Å². The molecule has 1 amide bonds. The smallest absolute Gasteiger partial charge is 0.308 e. The lowest BCUT2D eigenvalue weighted by Gasteiger charge is -2.33. The molecule has 148 valence electrons. The number of hydrogen-bond acceptors (Lipinski definition) is 4. The van der Waals surface area contributed by atoms with Gasteiger partial charge in [-0.1, -0.05) is 22.0 Å². The van der Waals surface area contributed by atoms with Gasteiger partial charge in [-0.25, -0.2) is 0 Å². The minimum atomic E-state index is -0.133. The number of rotatable bonds is 6. The molecule has 7 nitrogen and oxygen atoms in total. The van der Waals surface area contributed by atoms with Gasteiger partial charge in [-0.2, -0.15) is 0 Å². The number of nitrogens with zero attached hydrogens (tertiary/aromatic N) is 2. The Morgan fingerprint density at radius 3 is 2.67 bits per heavy atom. The number of carbonyl (C=O) groups excluding carboxylic acids is 2. The third-order valence-electron chi connectivity index (χ3n) is 4.41. The van der Waals surface area contributed by atoms with Crippen LogP contribution < -0.4 is 10.6 Å². The Kier molecular flexibility index (Phi) is 8.57. The van der Waals surface area contributed by atoms with Gasteiger partial charge in [0.05, 0.1) is 19.6 Å². The van der Waals surface area contributed by atoms with Gasteiger partial charge in [-0.15, -0.1) is 0 Å². The summed E-state index contributed by atoms with van der Waals surface area (Å²) < 4.78 is 5.71. The van der Waals surface area contributed by atoms with Gasteiger partial charge in [0.2, 0.25) is 0 Å². The van der Waals surface area contributed by atoms with Crippen LogP contribution in [0.3, 0.4) is 0 Å². The minimum absolute atomic E-state index is 0.0291. The van der Waals surface area contributed by atoms with Gasteiger partial charge in [0.1, 0.15) is 0 Å². The van der Waals surface area contributed by atoms with E-state index in [9.17, 15) is 9.59 Å². The third kappa shape index (κ3) is 6.53. The van der Waals surface area contributed by atoms with Gasteiger partial charge in [0.15, 0.2) is 5.96 Å². The molecule has 0 spiro atoms. The van der Waals surface area contributed by atoms with Crippen LogP contribution in [-0.4, -0.2) is 62.6 Å². The van der Waals surface area contributed by atoms with E-state index in [2.05, 4.69) is 36.5 Å². The standard InChI is InChI=1S/C19H27BrN4O3/c1-3-21-19(24-11-7-14(8-12-24)18(26)27-2)23-10-9-22-17(25)15-5-4-6-16(20)13-15/h4-6,13-14H,3,7-12H2,1-2H3,(H,21,23)(H,22,25). The van der Waals surface area contributed by atoms with Gasteiger partial charge in [0, 0.05) is 36.2 Å². The number of esters is 1. The Labute approximate surface area is 168 Å². The first kappa shape index (κ1) is 21.2. The fourth-order valence-electron chi connectivity index (χ4n) is 2.98. The second kappa shape index (κ2) is 10.9. The first-order valence-corrected chi connectivity index (χ1v) is 9.99. The maximum Gasteiger partial charge on any atom is 0.308 e. The monoisotopic (exact) mass is 438 g/mol. The summed E-state index contributed by atoms with van der Waals surface area (Å²) in [5, 5.41) is 6.16. The number of amides is 1. The number of likely N-dealkylation sites (tertiary alicyclic amines) is 1. The lowest BCUT2D eigenvalue weighted by molar-refractivity contribution is -0.146. The number of aliphatic imine (C=N–C) groups is 1. The molecule has 27 heavy (non-hydrogen) atoms. The minimum Gasteiger partial charge on any atom is -0.469 e. The average Bonchev–Trinajstić information content (AvgIpc) is 2.69. The summed E-state index contributed by atoms with van der Waals surface area (Å²) in [5.74, 6) is 0.540. The molecule has 2 N–H and O–H groups in total. The van der Waals surface area contributed by atoms with Crippen LogP contribution in [0.5, 0.6) is 0 Å². The van der Waals surface area contributed by atoms with Crippen LogP contribution in [0.25, 0.3) is 0 Å². The summed E-state index contributed by atoms with van der Waals surface area (Å²) in [6.45, 7) is 5.25. The molecule has 0 bridgehead atoms. The largest absolute Gasteiger partial charge is 0.469 e. The number of ether oxygens (including phenoxy) is 1. The molecule has 0 radical (unpaired) electrons. The van der Waals surface area contributed by atoms with Gasteiger partial charge >= 0.3 is 5.97 Å². The first-order chi connectivity index (χ1) is 13.0. The van der Waals surface area contributed by atoms with Gasteiger partial charge in [-0.05, 0) is 38.0 Å². The van der Waals surface area contributed by atoms with Crippen LogP contribution in [0.4, 0.5) is 0 Å². The zero-order valence-electron chi connectivity index (χ0n) is 15.8. The van der Waals surface area contributed by atoms with Crippen LogP contribution in [0, 0.1) is 5.92 Å². The molecular formula is C19H27BrN4O3. The Morgan fingerprint density at radius 2 is 2.04 bits per heavy atom. The number of benzene rings is 1. The number of guanidine groups is 1. The van der Waals surface area contributed by atoms with Crippen LogP contribution >= 0.6 is 15.9 Å². The summed E-state index contributed by atoms with van der Waals surface area (Å²) in [4.78, 5) is 30.6. The quantitative estimate of drug-likeness (QED) is 0.307. The second-order valence-corrected chi connectivity index (χ2v) is 7.20. The number of piperidine rings is 1. The van der Waals surface area contributed by atoms with Crippen LogP contribution in [0.15, 0.2) is 33.7 Å². The van der Waals surface area contributed by atoms with Crippen molar-refractivity contribution in [1.29, 1.82) is 0 Å². The predicted molar refractivity (Wildman–Crippen MR) is 109 cm³/mol. The van der Waals surface area contributed by atoms with E-state index in [1.165, 1.54) is 7.11 Å². The van der Waals surface area contributed by atoms with E-state index in [1.807, 2.05) is 19.1 Å². The molecule has 1 aromatic rings. The second-order valence-electron chi connectivity index (χ2n) is 6.29. The van der Waals surface area contributed by atoms with Crippen molar-refractivity contribution in [2.45, 2.75) is 19.8 Å². The highest BCUT2D eigenvalue weighted by molar-refractivity contribution is 9.10. The Bertz CT molecular complexity index is 673. The molecular weight excluding hydrogens is 412 g/mol. The predicted octanol–water partition coefficient (Wildman–Crippen LogP) is 2.03. The van der Waals surface area contributed by atoms with Crippen molar-refractivity contribution in [2.24, 2.45) is 10.9 Å². The van der Waals surface area contributed by atoms with Gasteiger partial charge in [-0.3, -0.25) is 14.6 Å². The van der Waals surface area contributed by atoms with E-state index in [1.54, 1.807) is 12.1 Å². The van der Waals surface area contributed by atoms with Gasteiger partial charge in [0.25, 0.3) is 5.91 Å². The van der Waals surface area contributed by atoms with E-state index in [4.69, 9.17) is 4.74 Å². The van der Waals surface area contributed by atoms with E-state index in [0.717, 1.165) is 42.9 Å². The van der Waals surface area contributed by atoms with E-state index >= 15 is 0 Å². The van der Waals surface area contributed by atoms with E-state index in [0.29, 0.717) is 18.7 Å². The maximum atomic E-state index is 12.1. The summed E-state index contributed by atoms with van der Waals surface area (Å²) >= 11 is 3.37. The van der Waals surface area contributed by atoms with Gasteiger partial charge < -0.3 is 20.3 Å². The molecule has 1 aliphatic rings. The molecule has 0 unspecified atom stereocenters. The third-order valence-corrected chi connectivity index (χ3v) is 4.90. The van der Waals surface area contributed by atoms with E-state index < -0.39 is 0 Å². The van der Waals surface area contributed by atoms with Crippen LogP contribution in [-0.2, 0) is 9.53 Å². The summed E-state index contributed by atoms with van der Waals surface area (Å²) in [7, 11) is 1.43. The van der Waals surface area contributed by atoms with Crippen molar-refractivity contribution in [3.63, 3.8) is 0 Å². The number of carbonyl (C=O) groups is 2. The van der Waals surface area contributed by atoms with Crippen molar-refractivity contribution in [3.05, 3.63) is 34.3 Å². The Morgan fingerprint density at radius 1 is 1.30 bits per heavy atom. The number of hydrogen-bond donors (Lipinski definition) is 2. The highest BCUT2D eigenvalue weighted by Gasteiger charge is 2.26. The zero-order valence-corrected chi connectivity index (χ0v) is 17.4. The Hall–Kier alpha value is -2.09. The number of methoxy groups -OCH3 is 1. The molecule has 1 fully saturated rings. The molecule has 0 saturated carbocycles. The molecule has 1 heterocycles. The summed E-state index contributed by atoms with van der Waals surface area (Å²) in [6, 6.07) is 7.28. The SMILES string of the molecule is CCNC(=NCCNC(=O)c1cccc(Br)c1)N1CCC(C(=O)OC)CC1. The maximum absolute atomic E-state index is 12.1. The molecule has 1 saturated heterocycles. The fraction of sp³-hybridized carbons (Fsp3) is 0.526. The molecule has 1 aliphatic heterocycles. The zero-order chi connectivity index (χ0) is 19.6. The molecule has 0 aromatic heterocycles. The highest BCUT2D eigenvalue weighted by Crippen LogP contribution is 2.18. The van der Waals surface area contributed by atoms with Crippen molar-refractivity contribution < 1.29 is 14.3 Å². The lowest BCUT2D eigenvalue weighted by atomic mass is 9.97. The highest BCUT2D eigenvalue weighted by atomic mass is 79.9. The average molecular weight is 439 g/mol. The lowest BCUT2D eigenvalue weighted by Crippen LogP contribution is -2.47. The molecule has 1 aromatic carbocycles. The molecule has 8 heteroatoms. The fourth-order valence-corrected chi connectivity index (χ4v) is 3.38. The molecule has 0 aliphatic carbocycles. The first-order valence-electron chi connectivity index (χ1n) is 9.20. The van der Waals surface area contributed by atoms with Crippen LogP contribution in [0.1, 0.15) is 30.1 Å². The van der Waals surface area contributed by atoms with Crippen molar-refractivity contribution in [2.75, 3.05) is 39.8 Å². The summed E-state index contributed by atoms with van der Waals surface area (Å²) in [6.07, 6.45) is 1.52. The van der Waals surface area contributed by atoms with Crippen molar-refractivity contribution >= 4 is 33.8 Å². The molecule has 0 atom stereocenters. The van der Waals surface area contributed by atoms with Crippen LogP contribution in [0.2, 0.25) is 0 Å². The van der Waals surface area contributed by atoms with Crippen molar-refractivity contribution in [1.82, 2.24) is 15.5 Å². The topological polar surface area (TPSA) is 83.0 Å². The Balaban J connectivity index is 1.83. The summed E-state index contributed by atoms with van der Waals surface area (Å²) in [5.41, 5.74) is 0.616. The number of nitrogens with one attached hydrogen (secondary N) is 2.